The molecule has 2 fully saturated rings. The van der Waals surface area contributed by atoms with Crippen molar-refractivity contribution < 1.29 is 37.7 Å². The molecule has 2 aromatic rings. The first-order chi connectivity index (χ1) is 18.9. The van der Waals surface area contributed by atoms with E-state index in [9.17, 15) is 33.4 Å². The van der Waals surface area contributed by atoms with Gasteiger partial charge in [-0.25, -0.2) is 0 Å². The van der Waals surface area contributed by atoms with Crippen molar-refractivity contribution in [3.05, 3.63) is 59.2 Å². The Morgan fingerprint density at radius 3 is 2.83 bits per heavy atom. The van der Waals surface area contributed by atoms with Crippen LogP contribution < -0.4 is 9.47 Å². The van der Waals surface area contributed by atoms with Gasteiger partial charge in [0.2, 0.25) is 5.91 Å². The number of nitrogens with zero attached hydrogens (tertiary/aromatic N) is 3. The van der Waals surface area contributed by atoms with Crippen molar-refractivity contribution in [2.45, 2.75) is 67.3 Å². The number of hydrogen-bond acceptors (Lipinski definition) is 7. The Labute approximate surface area is 228 Å². The lowest BCUT2D eigenvalue weighted by atomic mass is 9.47. The van der Waals surface area contributed by atoms with E-state index in [4.69, 9.17) is 4.74 Å². The van der Waals surface area contributed by atoms with E-state index in [1.807, 2.05) is 18.0 Å². The molecule has 2 N–H and O–H groups in total. The van der Waals surface area contributed by atoms with Gasteiger partial charge < -0.3 is 24.6 Å². The number of carbonyl (C=O) groups is 1. The summed E-state index contributed by atoms with van der Waals surface area (Å²) in [6, 6.07) is 9.75. The van der Waals surface area contributed by atoms with Gasteiger partial charge in [-0.2, -0.15) is 5.26 Å². The summed E-state index contributed by atoms with van der Waals surface area (Å²) < 4.78 is 48.2. The number of nitriles is 1. The summed E-state index contributed by atoms with van der Waals surface area (Å²) in [7, 11) is 3.47. The van der Waals surface area contributed by atoms with Crippen molar-refractivity contribution in [3.8, 4) is 23.3 Å². The largest absolute Gasteiger partial charge is 0.573 e. The monoisotopic (exact) mass is 555 g/mol. The van der Waals surface area contributed by atoms with Gasteiger partial charge in [0.1, 0.15) is 11.9 Å². The standard InChI is InChI=1S/C29H28F3N3O5/c1-34-18(15-33)14-27-24-17-7-8-21(36)25(24)39-26(27)20(10-11-28(27,38)22(34)13-17)35(2)23(37)9-6-16-4-3-5-19(12-16)40-29(30,31)32/h3-9,12,18,20,22,26,36,38H,10-11,13-14H2,1-2H3/b9-6+/t18?,20?,22-,26?,27+,28-/m1/s1. The Balaban J connectivity index is 1.33. The molecule has 210 valence electrons. The van der Waals surface area contributed by atoms with E-state index in [1.54, 1.807) is 19.2 Å². The fraction of sp³-hybridized carbons (Fsp3) is 0.448. The highest BCUT2D eigenvalue weighted by molar-refractivity contribution is 5.92. The van der Waals surface area contributed by atoms with Crippen molar-refractivity contribution in [2.75, 3.05) is 14.1 Å². The predicted octanol–water partition coefficient (Wildman–Crippen LogP) is 3.51. The number of likely N-dealkylation sites (tertiary alicyclic amines) is 1. The van der Waals surface area contributed by atoms with Crippen LogP contribution in [0.25, 0.3) is 6.08 Å². The number of benzene rings is 2. The topological polar surface area (TPSA) is 106 Å². The molecule has 4 aliphatic rings. The molecule has 40 heavy (non-hydrogen) atoms. The van der Waals surface area contributed by atoms with Gasteiger partial charge in [0, 0.05) is 24.7 Å². The van der Waals surface area contributed by atoms with Crippen molar-refractivity contribution >= 4 is 12.0 Å². The number of halogens is 3. The number of carbonyl (C=O) groups excluding carboxylic acids is 1. The van der Waals surface area contributed by atoms with Crippen LogP contribution in [0.5, 0.6) is 17.2 Å². The summed E-state index contributed by atoms with van der Waals surface area (Å²) in [6.45, 7) is 0. The van der Waals surface area contributed by atoms with E-state index in [0.717, 1.165) is 11.1 Å². The van der Waals surface area contributed by atoms with Crippen LogP contribution in [0.3, 0.4) is 0 Å². The minimum atomic E-state index is -4.83. The molecule has 2 bridgehead atoms. The van der Waals surface area contributed by atoms with E-state index in [0.29, 0.717) is 30.6 Å². The number of rotatable bonds is 4. The maximum atomic E-state index is 13.3. The Morgan fingerprint density at radius 1 is 1.32 bits per heavy atom. The molecule has 11 heteroatoms. The SMILES string of the molecule is CN(C(=O)/C=C/c1cccc(OC(F)(F)F)c1)C1CC[C@@]2(O)[C@H]3Cc4ccc(O)c5c4[C@@]2(CC(C#N)N3C)C1O5. The molecule has 2 aliphatic carbocycles. The third kappa shape index (κ3) is 3.69. The van der Waals surface area contributed by atoms with Crippen LogP contribution in [0.1, 0.15) is 36.0 Å². The second-order valence-corrected chi connectivity index (χ2v) is 11.1. The summed E-state index contributed by atoms with van der Waals surface area (Å²) in [5.74, 6) is -0.556. The summed E-state index contributed by atoms with van der Waals surface area (Å²) in [5.41, 5.74) is -0.213. The number of aliphatic hydroxyl groups is 1. The van der Waals surface area contributed by atoms with Crippen molar-refractivity contribution in [3.63, 3.8) is 0 Å². The number of aromatic hydroxyl groups is 1. The Hall–Kier alpha value is -3.75. The molecule has 0 aromatic heterocycles. The molecule has 2 heterocycles. The lowest BCUT2D eigenvalue weighted by Gasteiger charge is -2.65. The Kier molecular flexibility index (Phi) is 5.87. The number of alkyl halides is 3. The molecular formula is C29H28F3N3O5. The highest BCUT2D eigenvalue weighted by Crippen LogP contribution is 2.66. The zero-order chi connectivity index (χ0) is 28.6. The zero-order valence-corrected chi connectivity index (χ0v) is 21.9. The maximum Gasteiger partial charge on any atom is 0.573 e. The van der Waals surface area contributed by atoms with Crippen molar-refractivity contribution in [1.29, 1.82) is 5.26 Å². The maximum absolute atomic E-state index is 13.3. The summed E-state index contributed by atoms with van der Waals surface area (Å²) in [6.07, 6.45) is -1.31. The van der Waals surface area contributed by atoms with E-state index in [-0.39, 0.29) is 18.2 Å². The van der Waals surface area contributed by atoms with Crippen LogP contribution in [-0.2, 0) is 16.6 Å². The van der Waals surface area contributed by atoms with Gasteiger partial charge >= 0.3 is 6.36 Å². The third-order valence-corrected chi connectivity index (χ3v) is 9.31. The van der Waals surface area contributed by atoms with Gasteiger partial charge in [0.05, 0.1) is 29.2 Å². The number of likely N-dealkylation sites (N-methyl/N-ethyl adjacent to an activating group) is 2. The molecule has 6 atom stereocenters. The molecule has 3 unspecified atom stereocenters. The Morgan fingerprint density at radius 2 is 2.10 bits per heavy atom. The van der Waals surface area contributed by atoms with Crippen LogP contribution in [0.15, 0.2) is 42.5 Å². The molecule has 2 aromatic carbocycles. The van der Waals surface area contributed by atoms with E-state index < -0.39 is 47.2 Å². The van der Waals surface area contributed by atoms with E-state index in [2.05, 4.69) is 10.8 Å². The first-order valence-corrected chi connectivity index (χ1v) is 13.1. The minimum absolute atomic E-state index is 0.0515. The van der Waals surface area contributed by atoms with Gasteiger partial charge in [0.15, 0.2) is 11.5 Å². The number of ether oxygens (including phenoxy) is 2. The molecule has 2 aliphatic heterocycles. The summed E-state index contributed by atoms with van der Waals surface area (Å²) in [5, 5.41) is 33.1. The van der Waals surface area contributed by atoms with E-state index >= 15 is 0 Å². The highest BCUT2D eigenvalue weighted by atomic mass is 19.4. The number of amides is 1. The summed E-state index contributed by atoms with van der Waals surface area (Å²) in [4.78, 5) is 16.8. The van der Waals surface area contributed by atoms with Crippen LogP contribution in [0.2, 0.25) is 0 Å². The third-order valence-electron chi connectivity index (χ3n) is 9.31. The fourth-order valence-electron chi connectivity index (χ4n) is 7.55. The van der Waals surface area contributed by atoms with Gasteiger partial charge in [-0.05, 0) is 68.1 Å². The summed E-state index contributed by atoms with van der Waals surface area (Å²) >= 11 is 0. The molecule has 1 saturated carbocycles. The van der Waals surface area contributed by atoms with Crippen molar-refractivity contribution in [1.82, 2.24) is 9.80 Å². The van der Waals surface area contributed by atoms with Crippen LogP contribution in [0.4, 0.5) is 13.2 Å². The van der Waals surface area contributed by atoms with Crippen molar-refractivity contribution in [2.24, 2.45) is 0 Å². The van der Waals surface area contributed by atoms with Gasteiger partial charge in [-0.1, -0.05) is 18.2 Å². The fourth-order valence-corrected chi connectivity index (χ4v) is 7.55. The first-order valence-electron chi connectivity index (χ1n) is 13.1. The molecular weight excluding hydrogens is 527 g/mol. The normalized spacial score (nSPS) is 32.2. The number of piperidine rings is 1. The average molecular weight is 556 g/mol. The second kappa shape index (κ2) is 8.88. The minimum Gasteiger partial charge on any atom is -0.504 e. The predicted molar refractivity (Wildman–Crippen MR) is 136 cm³/mol. The van der Waals surface area contributed by atoms with E-state index in [1.165, 1.54) is 35.3 Å². The van der Waals surface area contributed by atoms with Crippen LogP contribution in [-0.4, -0.2) is 76.2 Å². The molecule has 1 amide bonds. The van der Waals surface area contributed by atoms with Gasteiger partial charge in [0.25, 0.3) is 0 Å². The molecule has 6 rings (SSSR count). The Bertz CT molecular complexity index is 1460. The molecule has 1 spiro atoms. The highest BCUT2D eigenvalue weighted by Gasteiger charge is 2.74. The smallest absolute Gasteiger partial charge is 0.504 e. The van der Waals surface area contributed by atoms with Crippen LogP contribution in [0, 0.1) is 11.3 Å². The second-order valence-electron chi connectivity index (χ2n) is 11.1. The quantitative estimate of drug-likeness (QED) is 0.557. The first kappa shape index (κ1) is 26.5. The lowest BCUT2D eigenvalue weighted by molar-refractivity contribution is -0.274. The zero-order valence-electron chi connectivity index (χ0n) is 21.9. The molecule has 0 radical (unpaired) electrons. The molecule has 1 saturated heterocycles. The number of phenols is 1. The van der Waals surface area contributed by atoms with Crippen LogP contribution >= 0.6 is 0 Å². The van der Waals surface area contributed by atoms with Gasteiger partial charge in [-0.15, -0.1) is 13.2 Å². The molecule has 8 nitrogen and oxygen atoms in total. The van der Waals surface area contributed by atoms with Gasteiger partial charge in [-0.3, -0.25) is 9.69 Å². The average Bonchev–Trinajstić information content (AvgIpc) is 3.25. The lowest BCUT2D eigenvalue weighted by Crippen LogP contribution is -2.79. The number of hydrogen-bond donors (Lipinski definition) is 2. The number of phenolic OH excluding ortho intramolecular Hbond substituents is 1.